The molecule has 0 saturated carbocycles. The average Bonchev–Trinajstić information content (AvgIpc) is 3.10. The molecule has 7 heteroatoms. The van der Waals surface area contributed by atoms with E-state index in [1.807, 2.05) is 35.2 Å². The van der Waals surface area contributed by atoms with Crippen molar-refractivity contribution in [3.63, 3.8) is 0 Å². The number of carbonyl (C=O) groups excluding carboxylic acids is 2. The molecule has 0 radical (unpaired) electrons. The second kappa shape index (κ2) is 8.89. The van der Waals surface area contributed by atoms with Gasteiger partial charge in [0.25, 0.3) is 0 Å². The lowest BCUT2D eigenvalue weighted by atomic mass is 9.96. The van der Waals surface area contributed by atoms with Crippen LogP contribution in [0.2, 0.25) is 0 Å². The van der Waals surface area contributed by atoms with Crippen molar-refractivity contribution in [2.24, 2.45) is 5.92 Å². The highest BCUT2D eigenvalue weighted by Gasteiger charge is 2.29. The lowest BCUT2D eigenvalue weighted by Gasteiger charge is -2.32. The number of benzene rings is 1. The highest BCUT2D eigenvalue weighted by molar-refractivity contribution is 7.15. The molecule has 138 valence electrons. The molecule has 0 spiro atoms. The first-order valence-corrected chi connectivity index (χ1v) is 9.92. The van der Waals surface area contributed by atoms with E-state index in [0.717, 1.165) is 42.8 Å². The van der Waals surface area contributed by atoms with E-state index in [-0.39, 0.29) is 17.7 Å². The first kappa shape index (κ1) is 18.5. The van der Waals surface area contributed by atoms with E-state index in [0.29, 0.717) is 18.1 Å². The molecular formula is C19H24N4O2S. The predicted octanol–water partition coefficient (Wildman–Crippen LogP) is 2.91. The quantitative estimate of drug-likeness (QED) is 0.846. The van der Waals surface area contributed by atoms with Crippen LogP contribution in [0.4, 0.5) is 5.13 Å². The number of hydrogen-bond acceptors (Lipinski definition) is 5. The van der Waals surface area contributed by atoms with Gasteiger partial charge in [-0.3, -0.25) is 9.59 Å². The van der Waals surface area contributed by atoms with Gasteiger partial charge in [0.05, 0.1) is 12.3 Å². The van der Waals surface area contributed by atoms with Crippen molar-refractivity contribution in [2.45, 2.75) is 39.0 Å². The first-order chi connectivity index (χ1) is 12.7. The van der Waals surface area contributed by atoms with Gasteiger partial charge in [-0.15, -0.1) is 10.2 Å². The minimum absolute atomic E-state index is 0.0681. The lowest BCUT2D eigenvalue weighted by molar-refractivity contribution is -0.133. The fourth-order valence-electron chi connectivity index (χ4n) is 3.13. The monoisotopic (exact) mass is 372 g/mol. The van der Waals surface area contributed by atoms with E-state index < -0.39 is 0 Å². The van der Waals surface area contributed by atoms with Crippen LogP contribution in [-0.2, 0) is 22.4 Å². The SMILES string of the molecule is CCCc1nnc(NC(=O)C2CCCN(C(=O)Cc3ccccc3)C2)s1. The normalized spacial score (nSPS) is 17.1. The number of anilines is 1. The van der Waals surface area contributed by atoms with Crippen LogP contribution in [0.3, 0.4) is 0 Å². The minimum atomic E-state index is -0.193. The summed E-state index contributed by atoms with van der Waals surface area (Å²) in [6.45, 7) is 3.27. The van der Waals surface area contributed by atoms with Crippen molar-refractivity contribution in [3.05, 3.63) is 40.9 Å². The fraction of sp³-hybridized carbons (Fsp3) is 0.474. The first-order valence-electron chi connectivity index (χ1n) is 9.10. The Balaban J connectivity index is 1.55. The van der Waals surface area contributed by atoms with Crippen molar-refractivity contribution in [3.8, 4) is 0 Å². The summed E-state index contributed by atoms with van der Waals surface area (Å²) in [7, 11) is 0. The molecular weight excluding hydrogens is 348 g/mol. The van der Waals surface area contributed by atoms with E-state index in [1.54, 1.807) is 0 Å². The van der Waals surface area contributed by atoms with Crippen LogP contribution in [0, 0.1) is 5.92 Å². The van der Waals surface area contributed by atoms with Crippen molar-refractivity contribution in [2.75, 3.05) is 18.4 Å². The molecule has 2 aromatic rings. The molecule has 1 saturated heterocycles. The van der Waals surface area contributed by atoms with Crippen LogP contribution >= 0.6 is 11.3 Å². The van der Waals surface area contributed by atoms with E-state index in [4.69, 9.17) is 0 Å². The summed E-state index contributed by atoms with van der Waals surface area (Å²) in [6.07, 6.45) is 3.89. The summed E-state index contributed by atoms with van der Waals surface area (Å²) in [4.78, 5) is 26.9. The van der Waals surface area contributed by atoms with Crippen LogP contribution in [0.25, 0.3) is 0 Å². The number of aryl methyl sites for hydroxylation is 1. The molecule has 1 aromatic carbocycles. The molecule has 2 amide bonds. The molecule has 1 aliphatic rings. The Labute approximate surface area is 157 Å². The number of piperidine rings is 1. The standard InChI is InChI=1S/C19H24N4O2S/c1-2-7-16-21-22-19(26-16)20-18(25)15-10-6-11-23(13-15)17(24)12-14-8-4-3-5-9-14/h3-5,8-9,15H,2,6-7,10-13H2,1H3,(H,20,22,25). The van der Waals surface area contributed by atoms with Crippen molar-refractivity contribution in [1.82, 2.24) is 15.1 Å². The van der Waals surface area contributed by atoms with Gasteiger partial charge in [0.15, 0.2) is 0 Å². The number of hydrogen-bond donors (Lipinski definition) is 1. The molecule has 2 heterocycles. The fourth-order valence-corrected chi connectivity index (χ4v) is 3.97. The Morgan fingerprint density at radius 3 is 2.85 bits per heavy atom. The minimum Gasteiger partial charge on any atom is -0.342 e. The van der Waals surface area contributed by atoms with Crippen LogP contribution in [0.1, 0.15) is 36.8 Å². The van der Waals surface area contributed by atoms with Crippen LogP contribution in [-0.4, -0.2) is 40.0 Å². The zero-order chi connectivity index (χ0) is 18.4. The lowest BCUT2D eigenvalue weighted by Crippen LogP contribution is -2.44. The van der Waals surface area contributed by atoms with Crippen molar-refractivity contribution >= 4 is 28.3 Å². The number of likely N-dealkylation sites (tertiary alicyclic amines) is 1. The maximum Gasteiger partial charge on any atom is 0.231 e. The number of aromatic nitrogens is 2. The van der Waals surface area contributed by atoms with Crippen molar-refractivity contribution < 1.29 is 9.59 Å². The van der Waals surface area contributed by atoms with E-state index >= 15 is 0 Å². The van der Waals surface area contributed by atoms with Gasteiger partial charge < -0.3 is 10.2 Å². The Morgan fingerprint density at radius 2 is 2.08 bits per heavy atom. The number of rotatable bonds is 6. The molecule has 26 heavy (non-hydrogen) atoms. The van der Waals surface area contributed by atoms with E-state index in [1.165, 1.54) is 11.3 Å². The molecule has 1 N–H and O–H groups in total. The molecule has 0 bridgehead atoms. The highest BCUT2D eigenvalue weighted by atomic mass is 32.1. The Morgan fingerprint density at radius 1 is 1.27 bits per heavy atom. The Bertz CT molecular complexity index is 747. The molecule has 0 aliphatic carbocycles. The molecule has 1 aromatic heterocycles. The third-order valence-corrected chi connectivity index (χ3v) is 5.40. The van der Waals surface area contributed by atoms with Gasteiger partial charge in [-0.2, -0.15) is 0 Å². The summed E-state index contributed by atoms with van der Waals surface area (Å²) >= 11 is 1.42. The number of nitrogens with one attached hydrogen (secondary N) is 1. The molecule has 1 fully saturated rings. The van der Waals surface area contributed by atoms with Gasteiger partial charge >= 0.3 is 0 Å². The van der Waals surface area contributed by atoms with Gasteiger partial charge in [0, 0.05) is 19.5 Å². The van der Waals surface area contributed by atoms with Gasteiger partial charge in [-0.1, -0.05) is 48.6 Å². The third-order valence-electron chi connectivity index (χ3n) is 4.50. The largest absolute Gasteiger partial charge is 0.342 e. The van der Waals surface area contributed by atoms with Crippen LogP contribution in [0.5, 0.6) is 0 Å². The zero-order valence-corrected chi connectivity index (χ0v) is 15.8. The molecule has 1 atom stereocenters. The van der Waals surface area contributed by atoms with Gasteiger partial charge in [0.1, 0.15) is 5.01 Å². The Kier molecular flexibility index (Phi) is 6.33. The van der Waals surface area contributed by atoms with Crippen LogP contribution in [0.15, 0.2) is 30.3 Å². The maximum atomic E-state index is 12.6. The van der Waals surface area contributed by atoms with Gasteiger partial charge in [-0.25, -0.2) is 0 Å². The predicted molar refractivity (Wildman–Crippen MR) is 102 cm³/mol. The number of nitrogens with zero attached hydrogens (tertiary/aromatic N) is 3. The summed E-state index contributed by atoms with van der Waals surface area (Å²) in [5.74, 6) is -0.182. The van der Waals surface area contributed by atoms with Gasteiger partial charge in [-0.05, 0) is 24.8 Å². The molecule has 1 aliphatic heterocycles. The summed E-state index contributed by atoms with van der Waals surface area (Å²) < 4.78 is 0. The second-order valence-electron chi connectivity index (χ2n) is 6.58. The molecule has 1 unspecified atom stereocenters. The summed E-state index contributed by atoms with van der Waals surface area (Å²) in [5, 5.41) is 12.5. The van der Waals surface area contributed by atoms with Crippen LogP contribution < -0.4 is 5.32 Å². The maximum absolute atomic E-state index is 12.6. The third kappa shape index (κ3) is 4.88. The molecule has 3 rings (SSSR count). The zero-order valence-electron chi connectivity index (χ0n) is 15.0. The summed E-state index contributed by atoms with van der Waals surface area (Å²) in [6, 6.07) is 9.72. The Hall–Kier alpha value is -2.28. The second-order valence-corrected chi connectivity index (χ2v) is 7.64. The van der Waals surface area contributed by atoms with E-state index in [2.05, 4.69) is 22.4 Å². The van der Waals surface area contributed by atoms with Crippen molar-refractivity contribution in [1.29, 1.82) is 0 Å². The highest BCUT2D eigenvalue weighted by Crippen LogP contribution is 2.22. The molecule has 6 nitrogen and oxygen atoms in total. The van der Waals surface area contributed by atoms with Gasteiger partial charge in [0.2, 0.25) is 16.9 Å². The smallest absolute Gasteiger partial charge is 0.231 e. The number of amides is 2. The van der Waals surface area contributed by atoms with E-state index in [9.17, 15) is 9.59 Å². The average molecular weight is 372 g/mol. The topological polar surface area (TPSA) is 75.2 Å². The summed E-state index contributed by atoms with van der Waals surface area (Å²) in [5.41, 5.74) is 1.00. The number of carbonyl (C=O) groups is 2.